The minimum Gasteiger partial charge on any atom is -0.297 e. The van der Waals surface area contributed by atoms with E-state index >= 15 is 0 Å². The van der Waals surface area contributed by atoms with Crippen LogP contribution in [0.4, 0.5) is 26.3 Å². The summed E-state index contributed by atoms with van der Waals surface area (Å²) in [5.74, 6) is 0. The van der Waals surface area contributed by atoms with Gasteiger partial charge in [0.2, 0.25) is 0 Å². The molecule has 0 aromatic heterocycles. The molecule has 197 valence electrons. The van der Waals surface area contributed by atoms with Crippen LogP contribution in [0.3, 0.4) is 0 Å². The van der Waals surface area contributed by atoms with Gasteiger partial charge in [0, 0.05) is 43.8 Å². The molecule has 2 nitrogen and oxygen atoms in total. The standard InChI is InChI=1S/C28H26ClF6N2/c29-25-9-6-20(7-10-25)19-36-12-14-37(15-13-36)26(22-4-2-1-3-5-22)11-8-21-16-23(27(30,31)32)18-24(17-21)28(33,34)35/h1-7,9-11,16-18,26H,8,12-15,19H2. The predicted molar refractivity (Wildman–Crippen MR) is 132 cm³/mol. The van der Waals surface area contributed by atoms with Crippen LogP contribution in [-0.4, -0.2) is 36.0 Å². The monoisotopic (exact) mass is 539 g/mol. The summed E-state index contributed by atoms with van der Waals surface area (Å²) in [6.07, 6.45) is -7.96. The van der Waals surface area contributed by atoms with Crippen molar-refractivity contribution >= 4 is 11.6 Å². The molecule has 1 saturated heterocycles. The maximum Gasteiger partial charge on any atom is 0.416 e. The Morgan fingerprint density at radius 1 is 0.730 bits per heavy atom. The van der Waals surface area contributed by atoms with Crippen LogP contribution in [0.2, 0.25) is 5.02 Å². The average molecular weight is 540 g/mol. The molecule has 0 N–H and O–H groups in total. The molecule has 1 aliphatic rings. The minimum absolute atomic E-state index is 0.0237. The van der Waals surface area contributed by atoms with Crippen molar-refractivity contribution in [2.24, 2.45) is 0 Å². The zero-order valence-electron chi connectivity index (χ0n) is 19.9. The van der Waals surface area contributed by atoms with E-state index in [-0.39, 0.29) is 24.1 Å². The summed E-state index contributed by atoms with van der Waals surface area (Å²) in [6.45, 7) is 3.75. The van der Waals surface area contributed by atoms with Crippen LogP contribution in [0.1, 0.15) is 33.9 Å². The fourth-order valence-corrected chi connectivity index (χ4v) is 4.70. The van der Waals surface area contributed by atoms with Crippen LogP contribution >= 0.6 is 11.6 Å². The highest BCUT2D eigenvalue weighted by Gasteiger charge is 2.37. The molecule has 1 fully saturated rings. The molecule has 1 aliphatic heterocycles. The molecule has 0 aliphatic carbocycles. The van der Waals surface area contributed by atoms with Gasteiger partial charge in [-0.1, -0.05) is 54.1 Å². The van der Waals surface area contributed by atoms with E-state index < -0.39 is 23.5 Å². The first-order valence-corrected chi connectivity index (χ1v) is 12.2. The molecule has 9 heteroatoms. The second-order valence-electron chi connectivity index (χ2n) is 9.15. The highest BCUT2D eigenvalue weighted by atomic mass is 35.5. The molecule has 0 amide bonds. The van der Waals surface area contributed by atoms with Gasteiger partial charge in [0.15, 0.2) is 0 Å². The third-order valence-electron chi connectivity index (χ3n) is 6.49. The van der Waals surface area contributed by atoms with E-state index in [9.17, 15) is 26.3 Å². The number of alkyl halides is 6. The zero-order chi connectivity index (χ0) is 26.6. The summed E-state index contributed by atoms with van der Waals surface area (Å²) in [6, 6.07) is 18.7. The topological polar surface area (TPSA) is 6.48 Å². The van der Waals surface area contributed by atoms with Crippen molar-refractivity contribution in [1.29, 1.82) is 0 Å². The second-order valence-corrected chi connectivity index (χ2v) is 9.58. The van der Waals surface area contributed by atoms with Crippen LogP contribution in [0.5, 0.6) is 0 Å². The lowest BCUT2D eigenvalue weighted by atomic mass is 9.95. The number of benzene rings is 3. The van der Waals surface area contributed by atoms with E-state index in [1.165, 1.54) is 0 Å². The Bertz CT molecular complexity index is 1120. The Morgan fingerprint density at radius 2 is 1.30 bits per heavy atom. The molecule has 3 aromatic carbocycles. The molecule has 1 unspecified atom stereocenters. The largest absolute Gasteiger partial charge is 0.416 e. The van der Waals surface area contributed by atoms with Gasteiger partial charge in [-0.2, -0.15) is 26.3 Å². The van der Waals surface area contributed by atoms with E-state index in [2.05, 4.69) is 9.80 Å². The first-order valence-electron chi connectivity index (χ1n) is 11.9. The van der Waals surface area contributed by atoms with Gasteiger partial charge in [-0.25, -0.2) is 0 Å². The summed E-state index contributed by atoms with van der Waals surface area (Å²) in [5.41, 5.74) is -0.522. The molecular formula is C28H26ClF6N2. The van der Waals surface area contributed by atoms with Crippen LogP contribution in [0.15, 0.2) is 72.8 Å². The molecule has 0 spiro atoms. The van der Waals surface area contributed by atoms with Crippen molar-refractivity contribution in [2.75, 3.05) is 26.2 Å². The van der Waals surface area contributed by atoms with Crippen LogP contribution in [-0.2, 0) is 25.3 Å². The molecule has 1 radical (unpaired) electrons. The highest BCUT2D eigenvalue weighted by molar-refractivity contribution is 6.30. The zero-order valence-corrected chi connectivity index (χ0v) is 20.6. The molecule has 1 heterocycles. The number of hydrogen-bond donors (Lipinski definition) is 0. The molecule has 3 aromatic rings. The number of rotatable bonds is 7. The predicted octanol–water partition coefficient (Wildman–Crippen LogP) is 7.68. The van der Waals surface area contributed by atoms with Gasteiger partial charge in [0.1, 0.15) is 0 Å². The van der Waals surface area contributed by atoms with Crippen molar-refractivity contribution in [3.63, 3.8) is 0 Å². The van der Waals surface area contributed by atoms with E-state index in [4.69, 9.17) is 11.6 Å². The van der Waals surface area contributed by atoms with Crippen molar-refractivity contribution < 1.29 is 26.3 Å². The van der Waals surface area contributed by atoms with Crippen molar-refractivity contribution in [3.05, 3.63) is 112 Å². The molecule has 4 rings (SSSR count). The lowest BCUT2D eigenvalue weighted by Crippen LogP contribution is -2.47. The Labute approximate surface area is 217 Å². The quantitative estimate of drug-likeness (QED) is 0.284. The summed E-state index contributed by atoms with van der Waals surface area (Å²) < 4.78 is 79.8. The maximum absolute atomic E-state index is 13.3. The Kier molecular flexibility index (Phi) is 8.51. The normalized spacial score (nSPS) is 16.6. The Hall–Kier alpha value is -2.55. The fourth-order valence-electron chi connectivity index (χ4n) is 4.58. The molecule has 0 bridgehead atoms. The number of nitrogens with zero attached hydrogens (tertiary/aromatic N) is 2. The molecule has 37 heavy (non-hydrogen) atoms. The average Bonchev–Trinajstić information content (AvgIpc) is 2.86. The third-order valence-corrected chi connectivity index (χ3v) is 6.74. The lowest BCUT2D eigenvalue weighted by molar-refractivity contribution is -0.143. The van der Waals surface area contributed by atoms with Gasteiger partial charge in [-0.3, -0.25) is 9.80 Å². The van der Waals surface area contributed by atoms with Gasteiger partial charge in [0.05, 0.1) is 11.1 Å². The number of hydrogen-bond acceptors (Lipinski definition) is 2. The Morgan fingerprint density at radius 3 is 1.84 bits per heavy atom. The second kappa shape index (κ2) is 11.5. The number of halogens is 7. The molecule has 1 atom stereocenters. The summed E-state index contributed by atoms with van der Waals surface area (Å²) in [7, 11) is 0. The molecular weight excluding hydrogens is 514 g/mol. The van der Waals surface area contributed by atoms with Gasteiger partial charge in [0.25, 0.3) is 0 Å². The van der Waals surface area contributed by atoms with Gasteiger partial charge < -0.3 is 0 Å². The first kappa shape index (κ1) is 27.5. The van der Waals surface area contributed by atoms with Gasteiger partial charge in [-0.15, -0.1) is 0 Å². The lowest BCUT2D eigenvalue weighted by Gasteiger charge is -2.39. The maximum atomic E-state index is 13.3. The summed E-state index contributed by atoms with van der Waals surface area (Å²) in [5, 5.41) is 0.679. The summed E-state index contributed by atoms with van der Waals surface area (Å²) >= 11 is 5.97. The van der Waals surface area contributed by atoms with Crippen LogP contribution < -0.4 is 0 Å². The SMILES string of the molecule is FC(F)(F)c1cc(C[CH]C(c2ccccc2)N2CCN(Cc3ccc(Cl)cc3)CC2)cc(C(F)(F)F)c1. The van der Waals surface area contributed by atoms with Crippen LogP contribution in [0.25, 0.3) is 0 Å². The third kappa shape index (κ3) is 7.49. The van der Waals surface area contributed by atoms with Gasteiger partial charge in [-0.05, 0) is 59.9 Å². The van der Waals surface area contributed by atoms with Gasteiger partial charge >= 0.3 is 12.4 Å². The minimum atomic E-state index is -4.87. The van der Waals surface area contributed by atoms with E-state index in [0.717, 1.165) is 42.9 Å². The van der Waals surface area contributed by atoms with E-state index in [0.29, 0.717) is 18.1 Å². The highest BCUT2D eigenvalue weighted by Crippen LogP contribution is 2.37. The number of piperazine rings is 1. The Balaban J connectivity index is 1.48. The van der Waals surface area contributed by atoms with Crippen molar-refractivity contribution in [3.8, 4) is 0 Å². The van der Waals surface area contributed by atoms with E-state index in [1.807, 2.05) is 54.6 Å². The van der Waals surface area contributed by atoms with Crippen LogP contribution in [0, 0.1) is 6.42 Å². The summed E-state index contributed by atoms with van der Waals surface area (Å²) in [4.78, 5) is 4.52. The fraction of sp³-hybridized carbons (Fsp3) is 0.321. The molecule has 0 saturated carbocycles. The van der Waals surface area contributed by atoms with E-state index in [1.54, 1.807) is 6.42 Å². The first-order chi connectivity index (χ1) is 17.5. The van der Waals surface area contributed by atoms with Crippen molar-refractivity contribution in [2.45, 2.75) is 31.4 Å². The smallest absolute Gasteiger partial charge is 0.297 e. The van der Waals surface area contributed by atoms with Crippen molar-refractivity contribution in [1.82, 2.24) is 9.80 Å².